The second-order valence-electron chi connectivity index (χ2n) is 6.50. The summed E-state index contributed by atoms with van der Waals surface area (Å²) in [7, 11) is 0. The molecule has 0 aliphatic carbocycles. The van der Waals surface area contributed by atoms with Crippen LogP contribution in [0.15, 0.2) is 12.3 Å². The molecule has 0 saturated heterocycles. The number of nitrogens with one attached hydrogen (secondary N) is 2. The Labute approximate surface area is 99.0 Å². The van der Waals surface area contributed by atoms with Gasteiger partial charge in [-0.3, -0.25) is 5.10 Å². The van der Waals surface area contributed by atoms with Crippen LogP contribution in [0.1, 0.15) is 59.7 Å². The van der Waals surface area contributed by atoms with Gasteiger partial charge in [-0.1, -0.05) is 20.8 Å². The zero-order valence-electron chi connectivity index (χ0n) is 11.4. The minimum Gasteiger partial charge on any atom is -0.304 e. The van der Waals surface area contributed by atoms with Crippen LogP contribution in [0.4, 0.5) is 0 Å². The Kier molecular flexibility index (Phi) is 3.79. The number of nitrogens with zero attached hydrogens (tertiary/aromatic N) is 1. The number of H-pyrrole nitrogens is 1. The van der Waals surface area contributed by atoms with Gasteiger partial charge in [0.05, 0.1) is 5.69 Å². The third kappa shape index (κ3) is 4.35. The summed E-state index contributed by atoms with van der Waals surface area (Å²) < 4.78 is 0. The molecule has 0 aromatic carbocycles. The minimum absolute atomic E-state index is 0.128. The summed E-state index contributed by atoms with van der Waals surface area (Å²) in [5, 5.41) is 10.6. The Hall–Kier alpha value is -0.830. The van der Waals surface area contributed by atoms with E-state index in [-0.39, 0.29) is 5.54 Å². The van der Waals surface area contributed by atoms with E-state index in [0.717, 1.165) is 12.1 Å². The summed E-state index contributed by atoms with van der Waals surface area (Å²) in [5.74, 6) is 0. The first-order valence-electron chi connectivity index (χ1n) is 5.97. The zero-order chi connectivity index (χ0) is 12.4. The van der Waals surface area contributed by atoms with Gasteiger partial charge in [0.1, 0.15) is 0 Å². The maximum absolute atomic E-state index is 3.98. The quantitative estimate of drug-likeness (QED) is 0.822. The third-order valence-corrected chi connectivity index (χ3v) is 2.57. The van der Waals surface area contributed by atoms with Crippen molar-refractivity contribution in [3.8, 4) is 0 Å². The highest BCUT2D eigenvalue weighted by molar-refractivity contribution is 5.04. The Morgan fingerprint density at radius 3 is 2.38 bits per heavy atom. The van der Waals surface area contributed by atoms with Gasteiger partial charge >= 0.3 is 0 Å². The molecular weight excluding hydrogens is 198 g/mol. The maximum atomic E-state index is 3.98. The first-order chi connectivity index (χ1) is 7.20. The third-order valence-electron chi connectivity index (χ3n) is 2.57. The van der Waals surface area contributed by atoms with Crippen LogP contribution in [-0.4, -0.2) is 15.7 Å². The second kappa shape index (κ2) is 4.58. The van der Waals surface area contributed by atoms with Gasteiger partial charge in [-0.05, 0) is 38.7 Å². The van der Waals surface area contributed by atoms with E-state index in [2.05, 4.69) is 57.1 Å². The topological polar surface area (TPSA) is 40.7 Å². The van der Waals surface area contributed by atoms with Crippen molar-refractivity contribution in [2.24, 2.45) is 5.41 Å². The summed E-state index contributed by atoms with van der Waals surface area (Å²) in [5.41, 5.74) is 1.61. The summed E-state index contributed by atoms with van der Waals surface area (Å²) in [6.07, 6.45) is 2.93. The molecule has 0 aliphatic rings. The standard InChI is InChI=1S/C13H25N3/c1-10(11-7-8-14-16-11)15-13(5,6)9-12(2,3)4/h7-8,10,15H,9H2,1-6H3,(H,14,16). The zero-order valence-corrected chi connectivity index (χ0v) is 11.4. The van der Waals surface area contributed by atoms with E-state index >= 15 is 0 Å². The average molecular weight is 223 g/mol. The monoisotopic (exact) mass is 223 g/mol. The van der Waals surface area contributed by atoms with E-state index in [0.29, 0.717) is 11.5 Å². The molecule has 0 spiro atoms. The van der Waals surface area contributed by atoms with Gasteiger partial charge in [0, 0.05) is 17.8 Å². The largest absolute Gasteiger partial charge is 0.304 e. The Morgan fingerprint density at radius 2 is 1.94 bits per heavy atom. The molecule has 3 heteroatoms. The molecule has 1 aromatic rings. The van der Waals surface area contributed by atoms with E-state index in [1.807, 2.05) is 6.07 Å². The second-order valence-corrected chi connectivity index (χ2v) is 6.50. The van der Waals surface area contributed by atoms with Crippen molar-refractivity contribution in [3.05, 3.63) is 18.0 Å². The van der Waals surface area contributed by atoms with Crippen molar-refractivity contribution in [3.63, 3.8) is 0 Å². The normalized spacial score (nSPS) is 15.1. The molecule has 3 nitrogen and oxygen atoms in total. The number of aromatic nitrogens is 2. The van der Waals surface area contributed by atoms with E-state index in [9.17, 15) is 0 Å². The molecule has 92 valence electrons. The van der Waals surface area contributed by atoms with Crippen molar-refractivity contribution >= 4 is 0 Å². The Bertz CT molecular complexity index is 306. The molecule has 0 radical (unpaired) electrons. The van der Waals surface area contributed by atoms with Crippen molar-refractivity contribution in [2.45, 2.75) is 59.5 Å². The van der Waals surface area contributed by atoms with Gasteiger partial charge in [-0.2, -0.15) is 5.10 Å². The van der Waals surface area contributed by atoms with Crippen molar-refractivity contribution in [1.29, 1.82) is 0 Å². The SMILES string of the molecule is CC(NC(C)(C)CC(C)(C)C)c1ccn[nH]1. The number of hydrogen-bond donors (Lipinski definition) is 2. The van der Waals surface area contributed by atoms with Gasteiger partial charge in [0.2, 0.25) is 0 Å². The summed E-state index contributed by atoms with van der Waals surface area (Å²) in [6, 6.07) is 2.32. The van der Waals surface area contributed by atoms with E-state index in [4.69, 9.17) is 0 Å². The number of rotatable bonds is 4. The average Bonchev–Trinajstić information content (AvgIpc) is 2.48. The number of aromatic amines is 1. The Morgan fingerprint density at radius 1 is 1.31 bits per heavy atom. The first kappa shape index (κ1) is 13.2. The van der Waals surface area contributed by atoms with Crippen LogP contribution in [0.3, 0.4) is 0 Å². The highest BCUT2D eigenvalue weighted by Crippen LogP contribution is 2.28. The van der Waals surface area contributed by atoms with Crippen LogP contribution < -0.4 is 5.32 Å². The molecule has 0 bridgehead atoms. The van der Waals surface area contributed by atoms with Crippen molar-refractivity contribution in [2.75, 3.05) is 0 Å². The van der Waals surface area contributed by atoms with Crippen LogP contribution >= 0.6 is 0 Å². The highest BCUT2D eigenvalue weighted by atomic mass is 15.1. The fraction of sp³-hybridized carbons (Fsp3) is 0.769. The first-order valence-corrected chi connectivity index (χ1v) is 5.97. The van der Waals surface area contributed by atoms with Crippen LogP contribution in [0.2, 0.25) is 0 Å². The van der Waals surface area contributed by atoms with Crippen LogP contribution in [0.5, 0.6) is 0 Å². The van der Waals surface area contributed by atoms with Crippen LogP contribution in [-0.2, 0) is 0 Å². The molecule has 1 unspecified atom stereocenters. The van der Waals surface area contributed by atoms with Gasteiger partial charge in [-0.15, -0.1) is 0 Å². The van der Waals surface area contributed by atoms with Gasteiger partial charge < -0.3 is 5.32 Å². The number of hydrogen-bond acceptors (Lipinski definition) is 2. The predicted molar refractivity (Wildman–Crippen MR) is 68.3 cm³/mol. The Balaban J connectivity index is 2.59. The summed E-state index contributed by atoms with van der Waals surface area (Å²) in [6.45, 7) is 13.5. The lowest BCUT2D eigenvalue weighted by Gasteiger charge is -2.35. The minimum atomic E-state index is 0.128. The van der Waals surface area contributed by atoms with E-state index in [1.165, 1.54) is 0 Å². The molecule has 2 N–H and O–H groups in total. The fourth-order valence-electron chi connectivity index (χ4n) is 2.55. The molecular formula is C13H25N3. The van der Waals surface area contributed by atoms with E-state index < -0.39 is 0 Å². The predicted octanol–water partition coefficient (Wildman–Crippen LogP) is 3.28. The van der Waals surface area contributed by atoms with Crippen LogP contribution in [0, 0.1) is 5.41 Å². The summed E-state index contributed by atoms with van der Waals surface area (Å²) in [4.78, 5) is 0. The summed E-state index contributed by atoms with van der Waals surface area (Å²) >= 11 is 0. The maximum Gasteiger partial charge on any atom is 0.0518 e. The lowest BCUT2D eigenvalue weighted by atomic mass is 9.81. The molecule has 1 heterocycles. The molecule has 0 fully saturated rings. The van der Waals surface area contributed by atoms with Crippen molar-refractivity contribution in [1.82, 2.24) is 15.5 Å². The van der Waals surface area contributed by atoms with E-state index in [1.54, 1.807) is 6.20 Å². The smallest absolute Gasteiger partial charge is 0.0518 e. The highest BCUT2D eigenvalue weighted by Gasteiger charge is 2.27. The molecule has 1 rings (SSSR count). The lowest BCUT2D eigenvalue weighted by molar-refractivity contribution is 0.225. The lowest BCUT2D eigenvalue weighted by Crippen LogP contribution is -2.43. The van der Waals surface area contributed by atoms with Gasteiger partial charge in [0.15, 0.2) is 0 Å². The van der Waals surface area contributed by atoms with Crippen LogP contribution in [0.25, 0.3) is 0 Å². The molecule has 0 amide bonds. The molecule has 1 aromatic heterocycles. The molecule has 0 aliphatic heterocycles. The van der Waals surface area contributed by atoms with Crippen molar-refractivity contribution < 1.29 is 0 Å². The fourth-order valence-corrected chi connectivity index (χ4v) is 2.55. The molecule has 1 atom stereocenters. The molecule has 0 saturated carbocycles. The van der Waals surface area contributed by atoms with Gasteiger partial charge in [-0.25, -0.2) is 0 Å². The molecule has 16 heavy (non-hydrogen) atoms. The van der Waals surface area contributed by atoms with Gasteiger partial charge in [0.25, 0.3) is 0 Å².